The molecule has 2 heterocycles. The predicted molar refractivity (Wildman–Crippen MR) is 90.2 cm³/mol. The number of benzene rings is 1. The van der Waals surface area contributed by atoms with E-state index in [1.807, 2.05) is 19.1 Å². The normalized spacial score (nSPS) is 10.4. The molecule has 3 aromatic rings. The van der Waals surface area contributed by atoms with E-state index in [1.54, 1.807) is 34.0 Å². The quantitative estimate of drug-likeness (QED) is 0.692. The molecule has 0 aliphatic rings. The Labute approximate surface area is 143 Å². The predicted octanol–water partition coefficient (Wildman–Crippen LogP) is 0.852. The molecule has 2 N–H and O–H groups in total. The van der Waals surface area contributed by atoms with Gasteiger partial charge in [0.1, 0.15) is 12.7 Å². The monoisotopic (exact) mass is 339 g/mol. The van der Waals surface area contributed by atoms with Gasteiger partial charge in [-0.2, -0.15) is 10.2 Å². The molecule has 3 rings (SSSR count). The van der Waals surface area contributed by atoms with Gasteiger partial charge in [-0.1, -0.05) is 0 Å². The van der Waals surface area contributed by atoms with E-state index in [2.05, 4.69) is 25.8 Å². The first-order chi connectivity index (χ1) is 12.2. The van der Waals surface area contributed by atoms with Crippen molar-refractivity contribution >= 4 is 17.5 Å². The molecule has 2 amide bonds. The molecular formula is C16H17N7O2. The fraction of sp³-hybridized carbons (Fsp3) is 0.188. The van der Waals surface area contributed by atoms with Crippen LogP contribution in [0, 0.1) is 0 Å². The van der Waals surface area contributed by atoms with Gasteiger partial charge in [-0.05, 0) is 31.2 Å². The second kappa shape index (κ2) is 7.39. The van der Waals surface area contributed by atoms with Crippen LogP contribution in [0.5, 0.6) is 0 Å². The lowest BCUT2D eigenvalue weighted by Crippen LogP contribution is -2.32. The number of nitrogens with one attached hydrogen (secondary N) is 2. The van der Waals surface area contributed by atoms with E-state index in [-0.39, 0.29) is 18.4 Å². The highest BCUT2D eigenvalue weighted by Crippen LogP contribution is 2.11. The average Bonchev–Trinajstić information content (AvgIpc) is 3.32. The molecule has 0 fully saturated rings. The Hall–Kier alpha value is -3.49. The van der Waals surface area contributed by atoms with Gasteiger partial charge in [-0.25, -0.2) is 9.67 Å². The topological polar surface area (TPSA) is 107 Å². The van der Waals surface area contributed by atoms with E-state index in [0.29, 0.717) is 17.8 Å². The number of carbonyl (C=O) groups excluding carboxylic acids is 2. The number of rotatable bonds is 6. The van der Waals surface area contributed by atoms with E-state index in [0.717, 1.165) is 5.69 Å². The second-order valence-electron chi connectivity index (χ2n) is 5.20. The second-order valence-corrected chi connectivity index (χ2v) is 5.20. The number of aromatic nitrogens is 5. The summed E-state index contributed by atoms with van der Waals surface area (Å²) in [5.41, 5.74) is 1.88. The van der Waals surface area contributed by atoms with Crippen LogP contribution in [0.15, 0.2) is 49.3 Å². The Morgan fingerprint density at radius 2 is 1.96 bits per heavy atom. The molecule has 0 saturated heterocycles. The molecule has 25 heavy (non-hydrogen) atoms. The van der Waals surface area contributed by atoms with Crippen LogP contribution in [0.3, 0.4) is 0 Å². The van der Waals surface area contributed by atoms with Gasteiger partial charge in [-0.3, -0.25) is 14.3 Å². The van der Waals surface area contributed by atoms with Crippen molar-refractivity contribution in [3.63, 3.8) is 0 Å². The summed E-state index contributed by atoms with van der Waals surface area (Å²) in [4.78, 5) is 27.8. The Balaban J connectivity index is 1.51. The van der Waals surface area contributed by atoms with Crippen molar-refractivity contribution in [1.82, 2.24) is 29.9 Å². The van der Waals surface area contributed by atoms with Crippen molar-refractivity contribution < 1.29 is 9.59 Å². The first kappa shape index (κ1) is 16.4. The molecule has 1 aromatic carbocycles. The lowest BCUT2D eigenvalue weighted by Gasteiger charge is -2.07. The van der Waals surface area contributed by atoms with Gasteiger partial charge in [0.2, 0.25) is 5.91 Å². The summed E-state index contributed by atoms with van der Waals surface area (Å²) in [5, 5.41) is 13.3. The van der Waals surface area contributed by atoms with Crippen molar-refractivity contribution in [2.24, 2.45) is 0 Å². The van der Waals surface area contributed by atoms with Crippen LogP contribution in [-0.2, 0) is 11.3 Å². The minimum Gasteiger partial charge on any atom is -0.343 e. The smallest absolute Gasteiger partial charge is 0.254 e. The largest absolute Gasteiger partial charge is 0.343 e. The zero-order chi connectivity index (χ0) is 17.6. The van der Waals surface area contributed by atoms with Crippen molar-refractivity contribution in [1.29, 1.82) is 0 Å². The molecule has 0 saturated carbocycles. The van der Waals surface area contributed by atoms with Crippen molar-refractivity contribution in [2.75, 3.05) is 11.9 Å². The first-order valence-corrected chi connectivity index (χ1v) is 7.71. The molecule has 0 unspecified atom stereocenters. The summed E-state index contributed by atoms with van der Waals surface area (Å²) in [6.07, 6.45) is 6.14. The fourth-order valence-corrected chi connectivity index (χ4v) is 2.16. The van der Waals surface area contributed by atoms with Crippen LogP contribution in [0.25, 0.3) is 5.69 Å². The summed E-state index contributed by atoms with van der Waals surface area (Å²) in [6, 6.07) is 7.12. The lowest BCUT2D eigenvalue weighted by atomic mass is 10.3. The number of hydrogen-bond acceptors (Lipinski definition) is 5. The summed E-state index contributed by atoms with van der Waals surface area (Å²) in [6.45, 7) is 2.48. The highest BCUT2D eigenvalue weighted by Gasteiger charge is 2.10. The maximum atomic E-state index is 11.9. The van der Waals surface area contributed by atoms with Crippen LogP contribution < -0.4 is 10.6 Å². The number of amides is 2. The molecule has 128 valence electrons. The maximum absolute atomic E-state index is 11.9. The molecule has 0 bridgehead atoms. The molecule has 2 aromatic heterocycles. The lowest BCUT2D eigenvalue weighted by molar-refractivity contribution is -0.115. The molecule has 9 nitrogen and oxygen atoms in total. The third kappa shape index (κ3) is 4.08. The molecule has 0 aliphatic heterocycles. The number of hydrogen-bond donors (Lipinski definition) is 2. The minimum absolute atomic E-state index is 0.124. The highest BCUT2D eigenvalue weighted by molar-refractivity contribution is 5.99. The molecule has 0 atom stereocenters. The van der Waals surface area contributed by atoms with Gasteiger partial charge in [0.05, 0.1) is 24.0 Å². The highest BCUT2D eigenvalue weighted by atomic mass is 16.2. The van der Waals surface area contributed by atoms with Gasteiger partial charge < -0.3 is 10.6 Å². The number of carbonyl (C=O) groups is 2. The van der Waals surface area contributed by atoms with Gasteiger partial charge in [0.25, 0.3) is 5.91 Å². The van der Waals surface area contributed by atoms with Crippen molar-refractivity contribution in [2.45, 2.75) is 13.5 Å². The van der Waals surface area contributed by atoms with E-state index >= 15 is 0 Å². The number of nitrogens with zero attached hydrogens (tertiary/aromatic N) is 5. The van der Waals surface area contributed by atoms with Gasteiger partial charge in [-0.15, -0.1) is 0 Å². The molecule has 0 radical (unpaired) electrons. The van der Waals surface area contributed by atoms with E-state index in [9.17, 15) is 9.59 Å². The third-order valence-electron chi connectivity index (χ3n) is 3.46. The molecule has 0 spiro atoms. The van der Waals surface area contributed by atoms with E-state index in [1.165, 1.54) is 12.5 Å². The fourth-order valence-electron chi connectivity index (χ4n) is 2.16. The Morgan fingerprint density at radius 3 is 2.60 bits per heavy atom. The number of anilines is 1. The number of aryl methyl sites for hydroxylation is 1. The maximum Gasteiger partial charge on any atom is 0.254 e. The molecule has 9 heteroatoms. The summed E-state index contributed by atoms with van der Waals surface area (Å²) in [7, 11) is 0. The van der Waals surface area contributed by atoms with Gasteiger partial charge in [0, 0.05) is 18.4 Å². The Kier molecular flexibility index (Phi) is 4.84. The van der Waals surface area contributed by atoms with Crippen LogP contribution in [0.2, 0.25) is 0 Å². The van der Waals surface area contributed by atoms with Crippen LogP contribution in [0.4, 0.5) is 5.69 Å². The van der Waals surface area contributed by atoms with Crippen LogP contribution in [0.1, 0.15) is 17.3 Å². The van der Waals surface area contributed by atoms with Gasteiger partial charge >= 0.3 is 0 Å². The van der Waals surface area contributed by atoms with Crippen molar-refractivity contribution in [3.05, 3.63) is 54.9 Å². The summed E-state index contributed by atoms with van der Waals surface area (Å²) < 4.78 is 3.26. The van der Waals surface area contributed by atoms with Crippen LogP contribution >= 0.6 is 0 Å². The SMILES string of the molecule is CCn1cc(C(=O)NCC(=O)Nc2ccc(-n3cncn3)cc2)cn1. The third-order valence-corrected chi connectivity index (χ3v) is 3.46. The zero-order valence-electron chi connectivity index (χ0n) is 13.6. The van der Waals surface area contributed by atoms with E-state index < -0.39 is 0 Å². The summed E-state index contributed by atoms with van der Waals surface area (Å²) in [5.74, 6) is -0.652. The standard InChI is InChI=1S/C16H17N7O2/c1-2-22-9-12(7-19-22)16(25)18-8-15(24)21-13-3-5-14(6-4-13)23-11-17-10-20-23/h3-7,9-11H,2,8H2,1H3,(H,18,25)(H,21,24). The van der Waals surface area contributed by atoms with E-state index in [4.69, 9.17) is 0 Å². The minimum atomic E-state index is -0.337. The Morgan fingerprint density at radius 1 is 1.16 bits per heavy atom. The first-order valence-electron chi connectivity index (χ1n) is 7.71. The summed E-state index contributed by atoms with van der Waals surface area (Å²) >= 11 is 0. The molecule has 0 aliphatic carbocycles. The average molecular weight is 339 g/mol. The zero-order valence-corrected chi connectivity index (χ0v) is 13.6. The Bertz CT molecular complexity index is 853. The van der Waals surface area contributed by atoms with Gasteiger partial charge in [0.15, 0.2) is 0 Å². The molecular weight excluding hydrogens is 322 g/mol. The van der Waals surface area contributed by atoms with Crippen molar-refractivity contribution in [3.8, 4) is 5.69 Å². The van der Waals surface area contributed by atoms with Crippen LogP contribution in [-0.4, -0.2) is 42.9 Å².